The fourth-order valence-corrected chi connectivity index (χ4v) is 2.40. The molecule has 0 bridgehead atoms. The van der Waals surface area contributed by atoms with E-state index in [2.05, 4.69) is 34.2 Å². The number of fused-ring (bicyclic) bond motifs is 1. The molecular formula is C14H13N3. The van der Waals surface area contributed by atoms with Crippen LogP contribution in [0, 0.1) is 11.3 Å². The molecule has 0 radical (unpaired) electrons. The van der Waals surface area contributed by atoms with Gasteiger partial charge in [-0.3, -0.25) is 0 Å². The molecule has 84 valence electrons. The minimum Gasteiger partial charge on any atom is -0.341 e. The summed E-state index contributed by atoms with van der Waals surface area (Å²) in [4.78, 5) is 7.51. The molecule has 0 saturated heterocycles. The zero-order valence-corrected chi connectivity index (χ0v) is 9.53. The van der Waals surface area contributed by atoms with Crippen molar-refractivity contribution in [2.24, 2.45) is 0 Å². The van der Waals surface area contributed by atoms with Gasteiger partial charge < -0.3 is 4.98 Å². The maximum atomic E-state index is 8.63. The van der Waals surface area contributed by atoms with Crippen molar-refractivity contribution in [2.45, 2.75) is 25.7 Å². The van der Waals surface area contributed by atoms with Crippen molar-refractivity contribution in [3.05, 3.63) is 41.2 Å². The van der Waals surface area contributed by atoms with Crippen molar-refractivity contribution in [1.29, 1.82) is 5.26 Å². The molecule has 17 heavy (non-hydrogen) atoms. The van der Waals surface area contributed by atoms with Crippen molar-refractivity contribution in [3.8, 4) is 17.5 Å². The van der Waals surface area contributed by atoms with Crippen molar-refractivity contribution >= 4 is 0 Å². The van der Waals surface area contributed by atoms with E-state index in [0.29, 0.717) is 6.42 Å². The van der Waals surface area contributed by atoms with Gasteiger partial charge in [-0.25, -0.2) is 4.98 Å². The Labute approximate surface area is 100 Å². The molecule has 1 aromatic heterocycles. The normalized spacial score (nSPS) is 13.4. The van der Waals surface area contributed by atoms with Gasteiger partial charge in [0.25, 0.3) is 0 Å². The SMILES string of the molecule is N#CCc1cnc(-c2ccc3c(c2)CCC3)[nH]1. The van der Waals surface area contributed by atoms with Crippen LogP contribution < -0.4 is 0 Å². The van der Waals surface area contributed by atoms with E-state index in [1.165, 1.54) is 30.4 Å². The molecule has 1 aliphatic rings. The lowest BCUT2D eigenvalue weighted by Gasteiger charge is -2.02. The molecule has 3 heteroatoms. The lowest BCUT2D eigenvalue weighted by Crippen LogP contribution is -1.87. The number of aromatic nitrogens is 2. The summed E-state index contributed by atoms with van der Waals surface area (Å²) >= 11 is 0. The van der Waals surface area contributed by atoms with Crippen LogP contribution in [-0.2, 0) is 19.3 Å². The summed E-state index contributed by atoms with van der Waals surface area (Å²) in [5.41, 5.74) is 4.91. The highest BCUT2D eigenvalue weighted by molar-refractivity contribution is 5.58. The number of aryl methyl sites for hydroxylation is 2. The lowest BCUT2D eigenvalue weighted by atomic mass is 10.1. The first-order valence-corrected chi connectivity index (χ1v) is 5.90. The standard InChI is InChI=1S/C14H13N3/c15-7-6-13-9-16-14(17-13)12-5-4-10-2-1-3-11(10)8-12/h4-5,8-9H,1-3,6H2,(H,16,17). The molecule has 1 aliphatic carbocycles. The van der Waals surface area contributed by atoms with Crippen LogP contribution in [0.15, 0.2) is 24.4 Å². The number of benzene rings is 1. The maximum Gasteiger partial charge on any atom is 0.137 e. The van der Waals surface area contributed by atoms with Crippen LogP contribution in [0.2, 0.25) is 0 Å². The summed E-state index contributed by atoms with van der Waals surface area (Å²) in [6.07, 6.45) is 5.77. The van der Waals surface area contributed by atoms with Crippen LogP contribution in [0.4, 0.5) is 0 Å². The predicted molar refractivity (Wildman–Crippen MR) is 65.4 cm³/mol. The van der Waals surface area contributed by atoms with Crippen LogP contribution in [-0.4, -0.2) is 9.97 Å². The number of H-pyrrole nitrogens is 1. The van der Waals surface area contributed by atoms with E-state index in [0.717, 1.165) is 17.1 Å². The van der Waals surface area contributed by atoms with Gasteiger partial charge in [-0.05, 0) is 36.5 Å². The third-order valence-corrected chi connectivity index (χ3v) is 3.27. The Morgan fingerprint density at radius 1 is 1.29 bits per heavy atom. The van der Waals surface area contributed by atoms with Crippen LogP contribution in [0.5, 0.6) is 0 Å². The quantitative estimate of drug-likeness (QED) is 0.850. The first-order chi connectivity index (χ1) is 8.36. The minimum absolute atomic E-state index is 0.387. The number of nitrogens with zero attached hydrogens (tertiary/aromatic N) is 2. The van der Waals surface area contributed by atoms with E-state index >= 15 is 0 Å². The fraction of sp³-hybridized carbons (Fsp3) is 0.286. The van der Waals surface area contributed by atoms with Crippen molar-refractivity contribution in [2.75, 3.05) is 0 Å². The third kappa shape index (κ3) is 1.83. The monoisotopic (exact) mass is 223 g/mol. The van der Waals surface area contributed by atoms with Crippen LogP contribution in [0.25, 0.3) is 11.4 Å². The van der Waals surface area contributed by atoms with Gasteiger partial charge in [-0.1, -0.05) is 12.1 Å². The van der Waals surface area contributed by atoms with Crippen LogP contribution >= 0.6 is 0 Å². The van der Waals surface area contributed by atoms with E-state index in [4.69, 9.17) is 5.26 Å². The molecule has 1 heterocycles. The van der Waals surface area contributed by atoms with Gasteiger partial charge in [-0.15, -0.1) is 0 Å². The van der Waals surface area contributed by atoms with Gasteiger partial charge in [-0.2, -0.15) is 5.26 Å². The van der Waals surface area contributed by atoms with Gasteiger partial charge in [0.15, 0.2) is 0 Å². The summed E-state index contributed by atoms with van der Waals surface area (Å²) < 4.78 is 0. The number of imidazole rings is 1. The second kappa shape index (κ2) is 4.06. The van der Waals surface area contributed by atoms with Crippen molar-refractivity contribution < 1.29 is 0 Å². The highest BCUT2D eigenvalue weighted by Crippen LogP contribution is 2.26. The minimum atomic E-state index is 0.387. The topological polar surface area (TPSA) is 52.5 Å². The fourth-order valence-electron chi connectivity index (χ4n) is 2.40. The predicted octanol–water partition coefficient (Wildman–Crippen LogP) is 2.63. The molecule has 2 aromatic rings. The number of hydrogen-bond donors (Lipinski definition) is 1. The lowest BCUT2D eigenvalue weighted by molar-refractivity contribution is 0.912. The molecule has 3 rings (SSSR count). The Bertz CT molecular complexity index is 590. The van der Waals surface area contributed by atoms with E-state index in [9.17, 15) is 0 Å². The van der Waals surface area contributed by atoms with Gasteiger partial charge in [0.05, 0.1) is 12.5 Å². The summed E-state index contributed by atoms with van der Waals surface area (Å²) in [5, 5.41) is 8.63. The molecule has 0 spiro atoms. The Kier molecular flexibility index (Phi) is 2.41. The second-order valence-corrected chi connectivity index (χ2v) is 4.43. The summed E-state index contributed by atoms with van der Waals surface area (Å²) in [6.45, 7) is 0. The zero-order chi connectivity index (χ0) is 11.7. The highest BCUT2D eigenvalue weighted by atomic mass is 14.9. The molecule has 1 aromatic carbocycles. The molecule has 0 aliphatic heterocycles. The van der Waals surface area contributed by atoms with Gasteiger partial charge in [0.1, 0.15) is 5.82 Å². The Morgan fingerprint density at radius 3 is 3.06 bits per heavy atom. The molecule has 1 N–H and O–H groups in total. The molecular weight excluding hydrogens is 210 g/mol. The molecule has 0 amide bonds. The highest BCUT2D eigenvalue weighted by Gasteiger charge is 2.12. The maximum absolute atomic E-state index is 8.63. The largest absolute Gasteiger partial charge is 0.341 e. The summed E-state index contributed by atoms with van der Waals surface area (Å²) in [5.74, 6) is 0.866. The van der Waals surface area contributed by atoms with Crippen LogP contribution in [0.3, 0.4) is 0 Å². The van der Waals surface area contributed by atoms with E-state index < -0.39 is 0 Å². The first-order valence-electron chi connectivity index (χ1n) is 5.90. The van der Waals surface area contributed by atoms with Crippen molar-refractivity contribution in [1.82, 2.24) is 9.97 Å². The van der Waals surface area contributed by atoms with E-state index in [1.54, 1.807) is 6.20 Å². The van der Waals surface area contributed by atoms with E-state index in [1.807, 2.05) is 0 Å². The number of rotatable bonds is 2. The zero-order valence-electron chi connectivity index (χ0n) is 9.53. The average Bonchev–Trinajstić information content (AvgIpc) is 2.96. The molecule has 0 atom stereocenters. The smallest absolute Gasteiger partial charge is 0.137 e. The molecule has 3 nitrogen and oxygen atoms in total. The second-order valence-electron chi connectivity index (χ2n) is 4.43. The van der Waals surface area contributed by atoms with E-state index in [-0.39, 0.29) is 0 Å². The third-order valence-electron chi connectivity index (χ3n) is 3.27. The Hall–Kier alpha value is -2.08. The number of hydrogen-bond acceptors (Lipinski definition) is 2. The molecule has 0 unspecified atom stereocenters. The average molecular weight is 223 g/mol. The van der Waals surface area contributed by atoms with Gasteiger partial charge in [0.2, 0.25) is 0 Å². The van der Waals surface area contributed by atoms with Crippen LogP contribution in [0.1, 0.15) is 23.2 Å². The van der Waals surface area contributed by atoms with Crippen molar-refractivity contribution in [3.63, 3.8) is 0 Å². The Balaban J connectivity index is 1.95. The number of aromatic amines is 1. The summed E-state index contributed by atoms with van der Waals surface area (Å²) in [6, 6.07) is 8.65. The summed E-state index contributed by atoms with van der Waals surface area (Å²) in [7, 11) is 0. The number of nitrogens with one attached hydrogen (secondary N) is 1. The molecule has 0 saturated carbocycles. The molecule has 0 fully saturated rings. The van der Waals surface area contributed by atoms with Gasteiger partial charge >= 0.3 is 0 Å². The van der Waals surface area contributed by atoms with Gasteiger partial charge in [0, 0.05) is 17.5 Å². The first kappa shape index (κ1) is 10.1. The number of nitriles is 1. The Morgan fingerprint density at radius 2 is 2.18 bits per heavy atom.